The lowest BCUT2D eigenvalue weighted by Crippen LogP contribution is -2.26. The van der Waals surface area contributed by atoms with Gasteiger partial charge in [-0.15, -0.1) is 10.2 Å². The van der Waals surface area contributed by atoms with Crippen molar-refractivity contribution in [1.82, 2.24) is 19.5 Å². The molecule has 0 unspecified atom stereocenters. The summed E-state index contributed by atoms with van der Waals surface area (Å²) >= 11 is 0. The molecule has 1 aromatic carbocycles. The first-order valence-electron chi connectivity index (χ1n) is 7.60. The zero-order valence-electron chi connectivity index (χ0n) is 12.4. The van der Waals surface area contributed by atoms with E-state index in [1.54, 1.807) is 36.7 Å². The largest absolute Gasteiger partial charge is 0.313 e. The summed E-state index contributed by atoms with van der Waals surface area (Å²) in [4.78, 5) is 0.263. The molecule has 0 spiro atoms. The van der Waals surface area contributed by atoms with Gasteiger partial charge in [0.25, 0.3) is 0 Å². The van der Waals surface area contributed by atoms with Gasteiger partial charge in [0.1, 0.15) is 12.2 Å². The molecule has 0 atom stereocenters. The van der Waals surface area contributed by atoms with Crippen LogP contribution in [0.25, 0.3) is 0 Å². The summed E-state index contributed by atoms with van der Waals surface area (Å²) < 4.78 is 29.1. The number of benzene rings is 1. The van der Waals surface area contributed by atoms with Crippen LogP contribution in [0, 0.1) is 0 Å². The van der Waals surface area contributed by atoms with Gasteiger partial charge >= 0.3 is 0 Å². The van der Waals surface area contributed by atoms with E-state index in [-0.39, 0.29) is 11.4 Å². The monoisotopic (exact) mass is 320 g/mol. The van der Waals surface area contributed by atoms with Gasteiger partial charge in [-0.3, -0.25) is 0 Å². The molecule has 0 aliphatic heterocycles. The van der Waals surface area contributed by atoms with Gasteiger partial charge < -0.3 is 4.57 Å². The minimum atomic E-state index is -3.51. The van der Waals surface area contributed by atoms with Crippen LogP contribution in [0.4, 0.5) is 0 Å². The molecule has 1 fully saturated rings. The van der Waals surface area contributed by atoms with Gasteiger partial charge in [-0.05, 0) is 25.0 Å². The molecule has 22 heavy (non-hydrogen) atoms. The van der Waals surface area contributed by atoms with Crippen LogP contribution < -0.4 is 4.72 Å². The molecule has 0 radical (unpaired) electrons. The summed E-state index contributed by atoms with van der Waals surface area (Å²) in [5, 5.41) is 8.02. The van der Waals surface area contributed by atoms with Crippen LogP contribution in [0.2, 0.25) is 0 Å². The Labute approximate surface area is 130 Å². The molecule has 2 aromatic rings. The molecule has 1 aliphatic carbocycles. The molecule has 0 amide bonds. The Kier molecular flexibility index (Phi) is 4.54. The van der Waals surface area contributed by atoms with Gasteiger partial charge in [0.2, 0.25) is 10.0 Å². The predicted molar refractivity (Wildman–Crippen MR) is 82.6 cm³/mol. The van der Waals surface area contributed by atoms with E-state index in [9.17, 15) is 8.42 Å². The van der Waals surface area contributed by atoms with Crippen LogP contribution in [0.1, 0.15) is 44.0 Å². The van der Waals surface area contributed by atoms with Crippen LogP contribution in [0.3, 0.4) is 0 Å². The highest BCUT2D eigenvalue weighted by Crippen LogP contribution is 2.28. The lowest BCUT2D eigenvalue weighted by Gasteiger charge is -2.24. The minimum Gasteiger partial charge on any atom is -0.313 e. The smallest absolute Gasteiger partial charge is 0.240 e. The number of hydrogen-bond acceptors (Lipinski definition) is 4. The summed E-state index contributed by atoms with van der Waals surface area (Å²) in [6.07, 6.45) is 7.61. The van der Waals surface area contributed by atoms with E-state index in [0.717, 1.165) is 12.8 Å². The van der Waals surface area contributed by atoms with Crippen molar-refractivity contribution in [1.29, 1.82) is 0 Å². The van der Waals surface area contributed by atoms with Crippen molar-refractivity contribution in [2.75, 3.05) is 0 Å². The zero-order valence-corrected chi connectivity index (χ0v) is 13.2. The standard InChI is InChI=1S/C15H20N4O2S/c20-22(21,14-9-5-2-6-10-14)17-11-15-18-16-12-19(15)13-7-3-1-4-8-13/h2,5-6,9-10,12-13,17H,1,3-4,7-8,11H2. The fourth-order valence-electron chi connectivity index (χ4n) is 2.90. The summed E-state index contributed by atoms with van der Waals surface area (Å²) in [5.41, 5.74) is 0. The SMILES string of the molecule is O=S(=O)(NCc1nncn1C1CCCCC1)c1ccccc1. The van der Waals surface area contributed by atoms with Crippen LogP contribution in [0.15, 0.2) is 41.6 Å². The first-order valence-corrected chi connectivity index (χ1v) is 9.08. The number of sulfonamides is 1. The Balaban J connectivity index is 1.71. The summed E-state index contributed by atoms with van der Waals surface area (Å²) in [5.74, 6) is 0.673. The average molecular weight is 320 g/mol. The number of rotatable bonds is 5. The number of nitrogens with zero attached hydrogens (tertiary/aromatic N) is 3. The van der Waals surface area contributed by atoms with Crippen LogP contribution >= 0.6 is 0 Å². The first kappa shape index (κ1) is 15.2. The Morgan fingerprint density at radius 3 is 2.59 bits per heavy atom. The Bertz CT molecular complexity index is 706. The zero-order chi connectivity index (χ0) is 15.4. The maximum atomic E-state index is 12.2. The van der Waals surface area contributed by atoms with E-state index in [2.05, 4.69) is 14.9 Å². The molecular weight excluding hydrogens is 300 g/mol. The number of hydrogen-bond donors (Lipinski definition) is 1. The van der Waals surface area contributed by atoms with Crippen molar-refractivity contribution in [2.24, 2.45) is 0 Å². The van der Waals surface area contributed by atoms with Gasteiger partial charge in [-0.2, -0.15) is 0 Å². The second-order valence-corrected chi connectivity index (χ2v) is 7.35. The molecule has 118 valence electrons. The highest BCUT2D eigenvalue weighted by molar-refractivity contribution is 7.89. The quantitative estimate of drug-likeness (QED) is 0.917. The molecule has 1 saturated carbocycles. The summed E-state index contributed by atoms with van der Waals surface area (Å²) in [6, 6.07) is 8.75. The van der Waals surface area contributed by atoms with Gasteiger partial charge in [0.15, 0.2) is 0 Å². The topological polar surface area (TPSA) is 76.9 Å². The van der Waals surface area contributed by atoms with Gasteiger partial charge in [-0.25, -0.2) is 13.1 Å². The fourth-order valence-corrected chi connectivity index (χ4v) is 3.90. The first-order chi connectivity index (χ1) is 10.7. The van der Waals surface area contributed by atoms with Gasteiger partial charge in [0.05, 0.1) is 11.4 Å². The lowest BCUT2D eigenvalue weighted by molar-refractivity contribution is 0.344. The second-order valence-electron chi connectivity index (χ2n) is 5.58. The second kappa shape index (κ2) is 6.58. The highest BCUT2D eigenvalue weighted by Gasteiger charge is 2.20. The normalized spacial score (nSPS) is 16.7. The molecular formula is C15H20N4O2S. The highest BCUT2D eigenvalue weighted by atomic mass is 32.2. The number of nitrogens with one attached hydrogen (secondary N) is 1. The Hall–Kier alpha value is -1.73. The molecule has 1 heterocycles. The molecule has 1 aliphatic rings. The third-order valence-electron chi connectivity index (χ3n) is 4.09. The molecule has 1 N–H and O–H groups in total. The third kappa shape index (κ3) is 3.36. The van der Waals surface area contributed by atoms with Crippen LogP contribution in [0.5, 0.6) is 0 Å². The summed E-state index contributed by atoms with van der Waals surface area (Å²) in [6.45, 7) is 0.160. The minimum absolute atomic E-state index is 0.160. The maximum absolute atomic E-state index is 12.2. The van der Waals surface area contributed by atoms with E-state index >= 15 is 0 Å². The van der Waals surface area contributed by atoms with Crippen molar-refractivity contribution in [3.05, 3.63) is 42.5 Å². The van der Waals surface area contributed by atoms with Crippen LogP contribution in [-0.4, -0.2) is 23.2 Å². The van der Waals surface area contributed by atoms with E-state index in [4.69, 9.17) is 0 Å². The predicted octanol–water partition coefficient (Wildman–Crippen LogP) is 2.26. The van der Waals surface area contributed by atoms with E-state index in [1.165, 1.54) is 19.3 Å². The van der Waals surface area contributed by atoms with Crippen molar-refractivity contribution < 1.29 is 8.42 Å². The van der Waals surface area contributed by atoms with Crippen molar-refractivity contribution >= 4 is 10.0 Å². The molecule has 3 rings (SSSR count). The van der Waals surface area contributed by atoms with E-state index in [0.29, 0.717) is 11.9 Å². The lowest BCUT2D eigenvalue weighted by atomic mass is 9.95. The van der Waals surface area contributed by atoms with Crippen LogP contribution in [-0.2, 0) is 16.6 Å². The molecule has 0 bridgehead atoms. The van der Waals surface area contributed by atoms with Gasteiger partial charge in [0, 0.05) is 6.04 Å². The molecule has 1 aromatic heterocycles. The fraction of sp³-hybridized carbons (Fsp3) is 0.467. The van der Waals surface area contributed by atoms with Crippen molar-refractivity contribution in [2.45, 2.75) is 49.6 Å². The van der Waals surface area contributed by atoms with Gasteiger partial charge in [-0.1, -0.05) is 37.5 Å². The van der Waals surface area contributed by atoms with E-state index < -0.39 is 10.0 Å². The molecule has 0 saturated heterocycles. The van der Waals surface area contributed by atoms with E-state index in [1.807, 2.05) is 4.57 Å². The maximum Gasteiger partial charge on any atom is 0.240 e. The Morgan fingerprint density at radius 1 is 1.14 bits per heavy atom. The Morgan fingerprint density at radius 2 is 1.86 bits per heavy atom. The number of aromatic nitrogens is 3. The molecule has 6 nitrogen and oxygen atoms in total. The molecule has 7 heteroatoms. The van der Waals surface area contributed by atoms with Crippen molar-refractivity contribution in [3.63, 3.8) is 0 Å². The third-order valence-corrected chi connectivity index (χ3v) is 5.51. The average Bonchev–Trinajstić information content (AvgIpc) is 3.03. The summed E-state index contributed by atoms with van der Waals surface area (Å²) in [7, 11) is -3.51. The van der Waals surface area contributed by atoms with Crippen molar-refractivity contribution in [3.8, 4) is 0 Å².